The highest BCUT2D eigenvalue weighted by molar-refractivity contribution is 5.85. The fourth-order valence-corrected chi connectivity index (χ4v) is 1.12. The second-order valence-corrected chi connectivity index (χ2v) is 3.60. The van der Waals surface area contributed by atoms with Crippen LogP contribution in [0.2, 0.25) is 0 Å². The number of nitrogens with one attached hydrogen (secondary N) is 1. The summed E-state index contributed by atoms with van der Waals surface area (Å²) in [5, 5.41) is 2.86. The van der Waals surface area contributed by atoms with Crippen LogP contribution in [0.15, 0.2) is 0 Å². The standard InChI is InChI=1S/C8H15NO2/c1-5-6(2)11-8(3,4)7(10)9-5/h5-6H,1-4H3,(H,9,10). The third-order valence-electron chi connectivity index (χ3n) is 2.09. The van der Waals surface area contributed by atoms with E-state index >= 15 is 0 Å². The summed E-state index contributed by atoms with van der Waals surface area (Å²) in [5.74, 6) is -0.0249. The van der Waals surface area contributed by atoms with Gasteiger partial charge in [-0.05, 0) is 27.7 Å². The molecule has 1 rings (SSSR count). The number of amides is 1. The van der Waals surface area contributed by atoms with E-state index in [9.17, 15) is 4.79 Å². The van der Waals surface area contributed by atoms with Gasteiger partial charge in [-0.25, -0.2) is 0 Å². The van der Waals surface area contributed by atoms with Crippen LogP contribution < -0.4 is 5.32 Å². The van der Waals surface area contributed by atoms with Gasteiger partial charge in [0, 0.05) is 0 Å². The van der Waals surface area contributed by atoms with Gasteiger partial charge in [0.15, 0.2) is 0 Å². The van der Waals surface area contributed by atoms with E-state index in [1.54, 1.807) is 13.8 Å². The third kappa shape index (κ3) is 1.53. The normalized spacial score (nSPS) is 36.5. The average molecular weight is 157 g/mol. The highest BCUT2D eigenvalue weighted by Gasteiger charge is 2.37. The Morgan fingerprint density at radius 1 is 1.45 bits per heavy atom. The van der Waals surface area contributed by atoms with Crippen molar-refractivity contribution >= 4 is 5.91 Å². The molecule has 0 radical (unpaired) electrons. The van der Waals surface area contributed by atoms with Gasteiger partial charge in [0.1, 0.15) is 5.60 Å². The summed E-state index contributed by atoms with van der Waals surface area (Å²) in [6.45, 7) is 7.47. The van der Waals surface area contributed by atoms with Crippen LogP contribution in [0.5, 0.6) is 0 Å². The minimum absolute atomic E-state index is 0.0249. The van der Waals surface area contributed by atoms with Crippen LogP contribution in [0, 0.1) is 0 Å². The highest BCUT2D eigenvalue weighted by Crippen LogP contribution is 2.19. The number of hydrogen-bond acceptors (Lipinski definition) is 2. The molecular weight excluding hydrogens is 142 g/mol. The Kier molecular flexibility index (Phi) is 1.92. The van der Waals surface area contributed by atoms with E-state index < -0.39 is 5.60 Å². The first-order chi connectivity index (χ1) is 4.93. The van der Waals surface area contributed by atoms with Gasteiger partial charge in [-0.3, -0.25) is 4.79 Å². The molecule has 11 heavy (non-hydrogen) atoms. The topological polar surface area (TPSA) is 38.3 Å². The molecule has 64 valence electrons. The van der Waals surface area contributed by atoms with Gasteiger partial charge >= 0.3 is 0 Å². The fraction of sp³-hybridized carbons (Fsp3) is 0.875. The third-order valence-corrected chi connectivity index (χ3v) is 2.09. The van der Waals surface area contributed by atoms with E-state index in [1.807, 2.05) is 13.8 Å². The van der Waals surface area contributed by atoms with Gasteiger partial charge in [-0.1, -0.05) is 0 Å². The molecular formula is C8H15NO2. The SMILES string of the molecule is CC1NC(=O)C(C)(C)OC1C. The van der Waals surface area contributed by atoms with Crippen molar-refractivity contribution in [3.8, 4) is 0 Å². The molecule has 1 aliphatic rings. The van der Waals surface area contributed by atoms with Gasteiger partial charge in [0.05, 0.1) is 12.1 Å². The molecule has 0 aromatic heterocycles. The smallest absolute Gasteiger partial charge is 0.251 e. The van der Waals surface area contributed by atoms with E-state index in [4.69, 9.17) is 4.74 Å². The number of carbonyl (C=O) groups is 1. The minimum atomic E-state index is -0.661. The van der Waals surface area contributed by atoms with Crippen LogP contribution in [0.1, 0.15) is 27.7 Å². The minimum Gasteiger partial charge on any atom is -0.361 e. The lowest BCUT2D eigenvalue weighted by Gasteiger charge is -2.37. The maximum atomic E-state index is 11.2. The molecule has 1 amide bonds. The Hall–Kier alpha value is -0.570. The van der Waals surface area contributed by atoms with Gasteiger partial charge in [0.25, 0.3) is 5.91 Å². The molecule has 0 aromatic rings. The summed E-state index contributed by atoms with van der Waals surface area (Å²) in [5.41, 5.74) is -0.661. The zero-order valence-corrected chi connectivity index (χ0v) is 7.47. The predicted octanol–water partition coefficient (Wildman–Crippen LogP) is 0.688. The predicted molar refractivity (Wildman–Crippen MR) is 42.2 cm³/mol. The van der Waals surface area contributed by atoms with Gasteiger partial charge in [0.2, 0.25) is 0 Å². The molecule has 3 heteroatoms. The summed E-state index contributed by atoms with van der Waals surface area (Å²) in [4.78, 5) is 11.2. The van der Waals surface area contributed by atoms with E-state index in [0.29, 0.717) is 0 Å². The van der Waals surface area contributed by atoms with E-state index in [1.165, 1.54) is 0 Å². The fourth-order valence-electron chi connectivity index (χ4n) is 1.12. The molecule has 1 heterocycles. The first kappa shape index (κ1) is 8.53. The monoisotopic (exact) mass is 157 g/mol. The summed E-state index contributed by atoms with van der Waals surface area (Å²) in [6, 6.07) is 0.121. The molecule has 0 aromatic carbocycles. The molecule has 2 unspecified atom stereocenters. The lowest BCUT2D eigenvalue weighted by atomic mass is 10.0. The molecule has 1 aliphatic heterocycles. The Morgan fingerprint density at radius 3 is 2.45 bits per heavy atom. The Labute approximate surface area is 67.1 Å². The quantitative estimate of drug-likeness (QED) is 0.561. The number of rotatable bonds is 0. The van der Waals surface area contributed by atoms with Crippen molar-refractivity contribution in [1.29, 1.82) is 0 Å². The van der Waals surface area contributed by atoms with Crippen molar-refractivity contribution < 1.29 is 9.53 Å². The number of hydrogen-bond donors (Lipinski definition) is 1. The van der Waals surface area contributed by atoms with Crippen molar-refractivity contribution in [2.24, 2.45) is 0 Å². The summed E-state index contributed by atoms with van der Waals surface area (Å²) < 4.78 is 5.49. The van der Waals surface area contributed by atoms with Gasteiger partial charge in [-0.2, -0.15) is 0 Å². The van der Waals surface area contributed by atoms with Crippen molar-refractivity contribution in [3.05, 3.63) is 0 Å². The Balaban J connectivity index is 2.71. The Morgan fingerprint density at radius 2 is 2.00 bits per heavy atom. The van der Waals surface area contributed by atoms with Crippen LogP contribution in [0.4, 0.5) is 0 Å². The van der Waals surface area contributed by atoms with Crippen LogP contribution in [0.25, 0.3) is 0 Å². The highest BCUT2D eigenvalue weighted by atomic mass is 16.5. The van der Waals surface area contributed by atoms with Crippen molar-refractivity contribution in [1.82, 2.24) is 5.32 Å². The van der Waals surface area contributed by atoms with Crippen LogP contribution in [-0.4, -0.2) is 23.7 Å². The molecule has 3 nitrogen and oxygen atoms in total. The molecule has 0 bridgehead atoms. The van der Waals surface area contributed by atoms with Crippen molar-refractivity contribution in [2.45, 2.75) is 45.4 Å². The van der Waals surface area contributed by atoms with E-state index in [-0.39, 0.29) is 18.1 Å². The molecule has 0 saturated carbocycles. The second kappa shape index (κ2) is 2.48. The van der Waals surface area contributed by atoms with E-state index in [0.717, 1.165) is 0 Å². The zero-order chi connectivity index (χ0) is 8.65. The largest absolute Gasteiger partial charge is 0.361 e. The molecule has 1 saturated heterocycles. The summed E-state index contributed by atoms with van der Waals surface area (Å²) >= 11 is 0. The second-order valence-electron chi connectivity index (χ2n) is 3.60. The van der Waals surface area contributed by atoms with Crippen molar-refractivity contribution in [3.63, 3.8) is 0 Å². The summed E-state index contributed by atoms with van der Waals surface area (Å²) in [7, 11) is 0. The number of carbonyl (C=O) groups excluding carboxylic acids is 1. The lowest BCUT2D eigenvalue weighted by Crippen LogP contribution is -2.58. The van der Waals surface area contributed by atoms with Crippen molar-refractivity contribution in [2.75, 3.05) is 0 Å². The first-order valence-electron chi connectivity index (χ1n) is 3.92. The zero-order valence-electron chi connectivity index (χ0n) is 7.47. The first-order valence-corrected chi connectivity index (χ1v) is 3.92. The van der Waals surface area contributed by atoms with Crippen LogP contribution in [-0.2, 0) is 9.53 Å². The maximum Gasteiger partial charge on any atom is 0.251 e. The van der Waals surface area contributed by atoms with Crippen LogP contribution in [0.3, 0.4) is 0 Å². The van der Waals surface area contributed by atoms with Gasteiger partial charge < -0.3 is 10.1 Å². The average Bonchev–Trinajstić information content (AvgIpc) is 1.83. The molecule has 0 aliphatic carbocycles. The summed E-state index contributed by atoms with van der Waals surface area (Å²) in [6.07, 6.45) is 0.0997. The maximum absolute atomic E-state index is 11.2. The molecule has 1 fully saturated rings. The number of ether oxygens (including phenoxy) is 1. The molecule has 0 spiro atoms. The molecule has 2 atom stereocenters. The lowest BCUT2D eigenvalue weighted by molar-refractivity contribution is -0.163. The van der Waals surface area contributed by atoms with Gasteiger partial charge in [-0.15, -0.1) is 0 Å². The van der Waals surface area contributed by atoms with E-state index in [2.05, 4.69) is 5.32 Å². The molecule has 1 N–H and O–H groups in total. The van der Waals surface area contributed by atoms with Crippen LogP contribution >= 0.6 is 0 Å². The Bertz CT molecular complexity index is 177. The number of morpholine rings is 1.